The molecule has 6 nitrogen and oxygen atoms in total. The van der Waals surface area contributed by atoms with Crippen molar-refractivity contribution in [3.63, 3.8) is 0 Å². The highest BCUT2D eigenvalue weighted by molar-refractivity contribution is 5.47. The number of aromatic nitrogens is 2. The first-order valence-corrected chi connectivity index (χ1v) is 7.02. The van der Waals surface area contributed by atoms with Crippen molar-refractivity contribution in [1.82, 2.24) is 9.97 Å². The van der Waals surface area contributed by atoms with Gasteiger partial charge in [-0.1, -0.05) is 0 Å². The third kappa shape index (κ3) is 3.78. The zero-order valence-corrected chi connectivity index (χ0v) is 11.1. The largest absolute Gasteiger partial charge is 0.379 e. The monoisotopic (exact) mass is 263 g/mol. The molecule has 2 aliphatic carbocycles. The lowest BCUT2D eigenvalue weighted by Crippen LogP contribution is -2.14. The molecule has 0 aromatic carbocycles. The number of anilines is 2. The van der Waals surface area contributed by atoms with Gasteiger partial charge in [0.1, 0.15) is 17.5 Å². The Balaban J connectivity index is 1.49. The third-order valence-electron chi connectivity index (χ3n) is 3.44. The number of ether oxygens (including phenoxy) is 1. The van der Waals surface area contributed by atoms with E-state index in [1.54, 1.807) is 0 Å². The molecule has 0 saturated heterocycles. The summed E-state index contributed by atoms with van der Waals surface area (Å²) in [5.41, 5.74) is 2.59. The molecular formula is C13H21N5O. The zero-order valence-electron chi connectivity index (χ0n) is 11.1. The Labute approximate surface area is 113 Å². The summed E-state index contributed by atoms with van der Waals surface area (Å²) in [5.74, 6) is 9.13. The Morgan fingerprint density at radius 2 is 2.00 bits per heavy atom. The second-order valence-electron chi connectivity index (χ2n) is 5.36. The quantitative estimate of drug-likeness (QED) is 0.374. The Morgan fingerprint density at radius 3 is 2.68 bits per heavy atom. The SMILES string of the molecule is NNc1cc(NCCOCC2CC2)nc(C2CC2)n1. The normalized spacial score (nSPS) is 18.4. The van der Waals surface area contributed by atoms with Gasteiger partial charge in [0.15, 0.2) is 0 Å². The number of rotatable bonds is 8. The predicted octanol–water partition coefficient (Wildman–Crippen LogP) is 1.48. The van der Waals surface area contributed by atoms with Crippen LogP contribution in [-0.4, -0.2) is 29.7 Å². The van der Waals surface area contributed by atoms with Crippen LogP contribution in [0, 0.1) is 5.92 Å². The smallest absolute Gasteiger partial charge is 0.145 e. The van der Waals surface area contributed by atoms with Crippen LogP contribution in [-0.2, 0) is 4.74 Å². The second kappa shape index (κ2) is 5.71. The van der Waals surface area contributed by atoms with Crippen molar-refractivity contribution >= 4 is 11.6 Å². The molecule has 0 amide bonds. The standard InChI is InChI=1S/C13H21N5O/c14-18-12-7-11(16-13(17-12)10-3-4-10)15-5-6-19-8-9-1-2-9/h7,9-10H,1-6,8,14H2,(H2,15,16,17,18). The number of nitrogens with zero attached hydrogens (tertiary/aromatic N) is 2. The van der Waals surface area contributed by atoms with Gasteiger partial charge >= 0.3 is 0 Å². The molecule has 6 heteroatoms. The van der Waals surface area contributed by atoms with Gasteiger partial charge in [-0.05, 0) is 31.6 Å². The average Bonchev–Trinajstić information content (AvgIpc) is 3.29. The summed E-state index contributed by atoms with van der Waals surface area (Å²) in [4.78, 5) is 8.89. The minimum absolute atomic E-state index is 0.514. The van der Waals surface area contributed by atoms with Gasteiger partial charge < -0.3 is 15.5 Å². The molecule has 1 heterocycles. The van der Waals surface area contributed by atoms with E-state index in [2.05, 4.69) is 20.7 Å². The van der Waals surface area contributed by atoms with Gasteiger partial charge in [0.2, 0.25) is 0 Å². The summed E-state index contributed by atoms with van der Waals surface area (Å²) in [7, 11) is 0. The Morgan fingerprint density at radius 1 is 1.21 bits per heavy atom. The maximum absolute atomic E-state index is 5.58. The van der Waals surface area contributed by atoms with Crippen molar-refractivity contribution in [2.24, 2.45) is 11.8 Å². The lowest BCUT2D eigenvalue weighted by molar-refractivity contribution is 0.134. The molecule has 2 saturated carbocycles. The summed E-state index contributed by atoms with van der Waals surface area (Å²) < 4.78 is 5.58. The molecule has 3 rings (SSSR count). The van der Waals surface area contributed by atoms with E-state index in [0.29, 0.717) is 18.3 Å². The fraction of sp³-hybridized carbons (Fsp3) is 0.692. The fourth-order valence-corrected chi connectivity index (χ4v) is 1.94. The summed E-state index contributed by atoms with van der Waals surface area (Å²) in [6, 6.07) is 1.83. The van der Waals surface area contributed by atoms with Crippen molar-refractivity contribution in [1.29, 1.82) is 0 Å². The van der Waals surface area contributed by atoms with E-state index in [-0.39, 0.29) is 0 Å². The second-order valence-corrected chi connectivity index (χ2v) is 5.36. The third-order valence-corrected chi connectivity index (χ3v) is 3.44. The molecule has 0 aliphatic heterocycles. The van der Waals surface area contributed by atoms with E-state index >= 15 is 0 Å². The summed E-state index contributed by atoms with van der Waals surface area (Å²) >= 11 is 0. The summed E-state index contributed by atoms with van der Waals surface area (Å²) in [5, 5.41) is 3.26. The minimum Gasteiger partial charge on any atom is -0.379 e. The average molecular weight is 263 g/mol. The van der Waals surface area contributed by atoms with Crippen LogP contribution in [0.4, 0.5) is 11.6 Å². The fourth-order valence-electron chi connectivity index (χ4n) is 1.94. The van der Waals surface area contributed by atoms with Crippen molar-refractivity contribution < 1.29 is 4.74 Å². The lowest BCUT2D eigenvalue weighted by Gasteiger charge is -2.09. The van der Waals surface area contributed by atoms with Crippen LogP contribution in [0.25, 0.3) is 0 Å². The van der Waals surface area contributed by atoms with E-state index in [1.807, 2.05) is 6.07 Å². The summed E-state index contributed by atoms with van der Waals surface area (Å²) in [6.45, 7) is 2.37. The van der Waals surface area contributed by atoms with Crippen LogP contribution in [0.3, 0.4) is 0 Å². The highest BCUT2D eigenvalue weighted by Crippen LogP contribution is 2.38. The van der Waals surface area contributed by atoms with Crippen LogP contribution < -0.4 is 16.6 Å². The van der Waals surface area contributed by atoms with Crippen LogP contribution in [0.1, 0.15) is 37.4 Å². The van der Waals surface area contributed by atoms with Crippen molar-refractivity contribution in [2.75, 3.05) is 30.5 Å². The van der Waals surface area contributed by atoms with E-state index in [4.69, 9.17) is 10.6 Å². The molecule has 1 aromatic rings. The van der Waals surface area contributed by atoms with Crippen LogP contribution in [0.15, 0.2) is 6.07 Å². The van der Waals surface area contributed by atoms with Gasteiger partial charge in [-0.3, -0.25) is 0 Å². The number of nitrogens with one attached hydrogen (secondary N) is 2. The Kier molecular flexibility index (Phi) is 3.79. The number of nitrogens with two attached hydrogens (primary N) is 1. The topological polar surface area (TPSA) is 85.1 Å². The molecule has 0 unspecified atom stereocenters. The first-order valence-electron chi connectivity index (χ1n) is 7.02. The van der Waals surface area contributed by atoms with Crippen molar-refractivity contribution in [3.8, 4) is 0 Å². The number of nitrogen functional groups attached to an aromatic ring is 1. The van der Waals surface area contributed by atoms with E-state index in [9.17, 15) is 0 Å². The number of hydrogen-bond acceptors (Lipinski definition) is 6. The molecule has 0 bridgehead atoms. The van der Waals surface area contributed by atoms with Crippen molar-refractivity contribution in [2.45, 2.75) is 31.6 Å². The predicted molar refractivity (Wildman–Crippen MR) is 73.8 cm³/mol. The van der Waals surface area contributed by atoms with E-state index < -0.39 is 0 Å². The lowest BCUT2D eigenvalue weighted by atomic mass is 10.4. The van der Waals surface area contributed by atoms with Crippen molar-refractivity contribution in [3.05, 3.63) is 11.9 Å². The van der Waals surface area contributed by atoms with E-state index in [1.165, 1.54) is 25.7 Å². The van der Waals surface area contributed by atoms with Gasteiger partial charge in [-0.25, -0.2) is 15.8 Å². The minimum atomic E-state index is 0.514. The maximum Gasteiger partial charge on any atom is 0.145 e. The van der Waals surface area contributed by atoms with E-state index in [0.717, 1.165) is 30.7 Å². The molecule has 2 fully saturated rings. The Bertz CT molecular complexity index is 431. The zero-order chi connectivity index (χ0) is 13.1. The number of hydrazine groups is 1. The molecule has 4 N–H and O–H groups in total. The molecule has 2 aliphatic rings. The molecule has 0 atom stereocenters. The molecular weight excluding hydrogens is 242 g/mol. The molecule has 0 spiro atoms. The maximum atomic E-state index is 5.58. The highest BCUT2D eigenvalue weighted by atomic mass is 16.5. The van der Waals surface area contributed by atoms with Gasteiger partial charge in [-0.2, -0.15) is 0 Å². The molecule has 19 heavy (non-hydrogen) atoms. The molecule has 1 aromatic heterocycles. The van der Waals surface area contributed by atoms with Crippen LogP contribution >= 0.6 is 0 Å². The van der Waals surface area contributed by atoms with Crippen LogP contribution in [0.2, 0.25) is 0 Å². The number of hydrogen-bond donors (Lipinski definition) is 3. The molecule has 104 valence electrons. The van der Waals surface area contributed by atoms with Gasteiger partial charge in [0, 0.05) is 25.1 Å². The summed E-state index contributed by atoms with van der Waals surface area (Å²) in [6.07, 6.45) is 5.02. The Hall–Kier alpha value is -1.40. The van der Waals surface area contributed by atoms with Gasteiger partial charge in [0.05, 0.1) is 6.61 Å². The first-order chi connectivity index (χ1) is 9.35. The highest BCUT2D eigenvalue weighted by Gasteiger charge is 2.27. The molecule has 0 radical (unpaired) electrons. The van der Waals surface area contributed by atoms with Gasteiger partial charge in [0.25, 0.3) is 0 Å². The van der Waals surface area contributed by atoms with Crippen LogP contribution in [0.5, 0.6) is 0 Å². The van der Waals surface area contributed by atoms with Gasteiger partial charge in [-0.15, -0.1) is 0 Å². The first kappa shape index (κ1) is 12.6.